The van der Waals surface area contributed by atoms with E-state index in [1.54, 1.807) is 6.07 Å². The van der Waals surface area contributed by atoms with Crippen LogP contribution in [0.2, 0.25) is 10.0 Å². The van der Waals surface area contributed by atoms with Crippen molar-refractivity contribution in [3.8, 4) is 11.5 Å². The Morgan fingerprint density at radius 3 is 2.15 bits per heavy atom. The molecule has 0 aliphatic heterocycles. The summed E-state index contributed by atoms with van der Waals surface area (Å²) in [5, 5.41) is 16.1. The molecule has 1 heterocycles. The number of nitrogens with one attached hydrogen (secondary N) is 2. The van der Waals surface area contributed by atoms with Gasteiger partial charge in [0.25, 0.3) is 11.8 Å². The second kappa shape index (κ2) is 13.1. The number of halogens is 2. The highest BCUT2D eigenvalue weighted by atomic mass is 35.5. The fourth-order valence-corrected chi connectivity index (χ4v) is 4.75. The van der Waals surface area contributed by atoms with Gasteiger partial charge in [-0.1, -0.05) is 89.9 Å². The molecule has 0 saturated carbocycles. The number of carbonyl (C=O) groups is 2. The van der Waals surface area contributed by atoms with Gasteiger partial charge in [-0.15, -0.1) is 0 Å². The lowest BCUT2D eigenvalue weighted by atomic mass is 9.76. The summed E-state index contributed by atoms with van der Waals surface area (Å²) in [7, 11) is 0. The van der Waals surface area contributed by atoms with Crippen molar-refractivity contribution in [2.45, 2.75) is 84.7 Å². The maximum absolute atomic E-state index is 13.2. The van der Waals surface area contributed by atoms with Gasteiger partial charge >= 0.3 is 0 Å². The zero-order valence-corrected chi connectivity index (χ0v) is 26.2. The highest BCUT2D eigenvalue weighted by Crippen LogP contribution is 2.39. The maximum atomic E-state index is 13.2. The number of hydrogen-bond donors (Lipinski definition) is 3. The van der Waals surface area contributed by atoms with Crippen LogP contribution >= 0.6 is 23.2 Å². The lowest BCUT2D eigenvalue weighted by Crippen LogP contribution is -2.33. The van der Waals surface area contributed by atoms with E-state index in [9.17, 15) is 14.7 Å². The van der Waals surface area contributed by atoms with Gasteiger partial charge in [-0.2, -0.15) is 0 Å². The van der Waals surface area contributed by atoms with E-state index in [2.05, 4.69) is 69.3 Å². The van der Waals surface area contributed by atoms with Crippen LogP contribution in [0.5, 0.6) is 11.5 Å². The summed E-state index contributed by atoms with van der Waals surface area (Å²) in [6.45, 7) is 15.0. The van der Waals surface area contributed by atoms with Crippen LogP contribution in [0.4, 0.5) is 11.5 Å². The number of carbonyl (C=O) groups excluding carboxylic acids is 2. The molecule has 9 heteroatoms. The molecular formula is C32H39Cl2N3O4. The average Bonchev–Trinajstić information content (AvgIpc) is 2.92. The number of rotatable bonds is 11. The molecule has 0 fully saturated rings. The van der Waals surface area contributed by atoms with E-state index < -0.39 is 12.0 Å². The molecule has 1 unspecified atom stereocenters. The second-order valence-corrected chi connectivity index (χ2v) is 12.1. The van der Waals surface area contributed by atoms with Crippen LogP contribution in [0.3, 0.4) is 0 Å². The third kappa shape index (κ3) is 7.52. The molecule has 0 saturated heterocycles. The Labute approximate surface area is 252 Å². The van der Waals surface area contributed by atoms with Crippen LogP contribution < -0.4 is 15.4 Å². The minimum Gasteiger partial charge on any atom is -0.504 e. The monoisotopic (exact) mass is 599 g/mol. The van der Waals surface area contributed by atoms with E-state index in [1.165, 1.54) is 30.0 Å². The van der Waals surface area contributed by atoms with Crippen molar-refractivity contribution in [1.82, 2.24) is 4.98 Å². The minimum atomic E-state index is -0.782. The van der Waals surface area contributed by atoms with Crippen LogP contribution in [0.25, 0.3) is 0 Å². The Kier molecular flexibility index (Phi) is 10.3. The number of amides is 2. The molecule has 0 aliphatic carbocycles. The highest BCUT2D eigenvalue weighted by Gasteiger charge is 2.29. The van der Waals surface area contributed by atoms with E-state index in [-0.39, 0.29) is 49.6 Å². The summed E-state index contributed by atoms with van der Waals surface area (Å²) in [6.07, 6.45) is 2.87. The van der Waals surface area contributed by atoms with Gasteiger partial charge in [0, 0.05) is 11.6 Å². The number of aromatic nitrogens is 1. The number of nitrogens with zero attached hydrogens (tertiary/aromatic N) is 1. The Balaban J connectivity index is 1.79. The van der Waals surface area contributed by atoms with Gasteiger partial charge in [0.15, 0.2) is 17.7 Å². The first kappa shape index (κ1) is 32.2. The number of aromatic hydroxyl groups is 1. The highest BCUT2D eigenvalue weighted by molar-refractivity contribution is 6.40. The predicted octanol–water partition coefficient (Wildman–Crippen LogP) is 8.52. The van der Waals surface area contributed by atoms with E-state index >= 15 is 0 Å². The molecule has 3 N–H and O–H groups in total. The van der Waals surface area contributed by atoms with Crippen LogP contribution in [0.1, 0.15) is 89.2 Å². The maximum Gasteiger partial charge on any atom is 0.265 e. The molecule has 3 rings (SSSR count). The summed E-state index contributed by atoms with van der Waals surface area (Å²) in [4.78, 5) is 30.0. The molecule has 1 atom stereocenters. The fraction of sp³-hybridized carbons (Fsp3) is 0.406. The summed E-state index contributed by atoms with van der Waals surface area (Å²) in [6, 6.07) is 12.2. The van der Waals surface area contributed by atoms with Crippen molar-refractivity contribution >= 4 is 46.5 Å². The topological polar surface area (TPSA) is 101 Å². The van der Waals surface area contributed by atoms with Crippen LogP contribution in [0, 0.1) is 0 Å². The first-order valence-corrected chi connectivity index (χ1v) is 14.6. The van der Waals surface area contributed by atoms with Gasteiger partial charge in [0.1, 0.15) is 5.75 Å². The first-order valence-electron chi connectivity index (χ1n) is 13.8. The van der Waals surface area contributed by atoms with E-state index in [4.69, 9.17) is 27.9 Å². The number of benzene rings is 2. The standard InChI is InChI=1S/C32H39Cl2N3O4/c1-8-25(41-26-15-14-19(31(4,5)9-2)16-21(26)32(6,7)10-3)29(39)36-20-17-24(38)28(35-18-20)37-30(40)27-22(33)12-11-13-23(27)34/h11-18,25,38H,8-10H2,1-7H3,(H,36,39)(H,35,37,40). The lowest BCUT2D eigenvalue weighted by molar-refractivity contribution is -0.122. The lowest BCUT2D eigenvalue weighted by Gasteiger charge is -2.31. The van der Waals surface area contributed by atoms with Gasteiger partial charge in [-0.25, -0.2) is 4.98 Å². The molecule has 7 nitrogen and oxygen atoms in total. The summed E-state index contributed by atoms with van der Waals surface area (Å²) < 4.78 is 6.32. The smallest absolute Gasteiger partial charge is 0.265 e. The van der Waals surface area contributed by atoms with Crippen molar-refractivity contribution in [1.29, 1.82) is 0 Å². The molecule has 0 aliphatic rings. The van der Waals surface area contributed by atoms with E-state index in [0.29, 0.717) is 12.2 Å². The molecule has 2 aromatic carbocycles. The largest absolute Gasteiger partial charge is 0.504 e. The molecule has 2 amide bonds. The van der Waals surface area contributed by atoms with Crippen LogP contribution in [-0.2, 0) is 15.6 Å². The molecule has 0 bridgehead atoms. The summed E-state index contributed by atoms with van der Waals surface area (Å²) in [5.74, 6) is -0.777. The third-order valence-electron chi connectivity index (χ3n) is 7.75. The molecular weight excluding hydrogens is 561 g/mol. The number of pyridine rings is 1. The first-order chi connectivity index (χ1) is 19.2. The Bertz CT molecular complexity index is 1400. The van der Waals surface area contributed by atoms with E-state index in [0.717, 1.165) is 18.4 Å². The molecule has 3 aromatic rings. The predicted molar refractivity (Wildman–Crippen MR) is 167 cm³/mol. The molecule has 1 aromatic heterocycles. The summed E-state index contributed by atoms with van der Waals surface area (Å²) in [5.41, 5.74) is 2.45. The normalized spacial score (nSPS) is 12.5. The molecule has 0 radical (unpaired) electrons. The van der Waals surface area contributed by atoms with Crippen LogP contribution in [0.15, 0.2) is 48.7 Å². The second-order valence-electron chi connectivity index (χ2n) is 11.3. The Morgan fingerprint density at radius 2 is 1.59 bits per heavy atom. The van der Waals surface area contributed by atoms with Crippen molar-refractivity contribution in [2.75, 3.05) is 10.6 Å². The number of hydrogen-bond acceptors (Lipinski definition) is 5. The number of ether oxygens (including phenoxy) is 1. The van der Waals surface area contributed by atoms with Crippen molar-refractivity contribution in [2.24, 2.45) is 0 Å². The van der Waals surface area contributed by atoms with Crippen molar-refractivity contribution < 1.29 is 19.4 Å². The molecule has 220 valence electrons. The minimum absolute atomic E-state index is 0.0128. The fourth-order valence-electron chi connectivity index (χ4n) is 4.18. The van der Waals surface area contributed by atoms with Crippen molar-refractivity contribution in [3.63, 3.8) is 0 Å². The zero-order chi connectivity index (χ0) is 30.5. The van der Waals surface area contributed by atoms with Gasteiger partial charge < -0.3 is 20.5 Å². The number of anilines is 2. The quantitative estimate of drug-likeness (QED) is 0.205. The van der Waals surface area contributed by atoms with Gasteiger partial charge in [-0.3, -0.25) is 9.59 Å². The SMILES string of the molecule is CCC(Oc1ccc(C(C)(C)CC)cc1C(C)(C)CC)C(=O)Nc1cnc(NC(=O)c2c(Cl)cccc2Cl)c(O)c1. The van der Waals surface area contributed by atoms with Crippen molar-refractivity contribution in [3.05, 3.63) is 75.4 Å². The van der Waals surface area contributed by atoms with Gasteiger partial charge in [-0.05, 0) is 53.9 Å². The van der Waals surface area contributed by atoms with E-state index in [1.807, 2.05) is 13.0 Å². The Morgan fingerprint density at radius 1 is 0.951 bits per heavy atom. The molecule has 0 spiro atoms. The molecule has 41 heavy (non-hydrogen) atoms. The van der Waals surface area contributed by atoms with Crippen LogP contribution in [-0.4, -0.2) is 28.0 Å². The van der Waals surface area contributed by atoms with Gasteiger partial charge in [0.2, 0.25) is 0 Å². The third-order valence-corrected chi connectivity index (χ3v) is 8.38. The van der Waals surface area contributed by atoms with Gasteiger partial charge in [0.05, 0.1) is 27.5 Å². The zero-order valence-electron chi connectivity index (χ0n) is 24.7. The average molecular weight is 601 g/mol. The summed E-state index contributed by atoms with van der Waals surface area (Å²) >= 11 is 12.2. The Hall–Kier alpha value is -3.29.